The summed E-state index contributed by atoms with van der Waals surface area (Å²) in [5.74, 6) is 1.19. The fourth-order valence-corrected chi connectivity index (χ4v) is 3.32. The molecule has 1 aromatic carbocycles. The lowest BCUT2D eigenvalue weighted by molar-refractivity contribution is 0.0684. The molecule has 138 valence electrons. The molecule has 1 aliphatic heterocycles. The summed E-state index contributed by atoms with van der Waals surface area (Å²) in [4.78, 5) is 23.3. The summed E-state index contributed by atoms with van der Waals surface area (Å²) >= 11 is 0. The third-order valence-corrected chi connectivity index (χ3v) is 5.13. The molecule has 1 atom stereocenters. The number of nitrogens with one attached hydrogen (secondary N) is 1. The van der Waals surface area contributed by atoms with Crippen LogP contribution in [0.2, 0.25) is 0 Å². The summed E-state index contributed by atoms with van der Waals surface area (Å²) in [7, 11) is 0. The van der Waals surface area contributed by atoms with E-state index in [1.54, 1.807) is 12.3 Å². The van der Waals surface area contributed by atoms with E-state index in [0.717, 1.165) is 38.8 Å². The van der Waals surface area contributed by atoms with Gasteiger partial charge in [0.15, 0.2) is 0 Å². The van der Waals surface area contributed by atoms with Crippen molar-refractivity contribution >= 4 is 11.9 Å². The van der Waals surface area contributed by atoms with Crippen LogP contribution in [0, 0.1) is 5.92 Å². The molecule has 1 aromatic heterocycles. The molecule has 1 aliphatic rings. The highest BCUT2D eigenvalue weighted by atomic mass is 16.2. The molecule has 5 heteroatoms. The topological polar surface area (TPSA) is 58.1 Å². The van der Waals surface area contributed by atoms with E-state index in [-0.39, 0.29) is 11.9 Å². The molecule has 26 heavy (non-hydrogen) atoms. The van der Waals surface area contributed by atoms with E-state index in [2.05, 4.69) is 59.5 Å². The Labute approximate surface area is 155 Å². The molecule has 1 saturated heterocycles. The van der Waals surface area contributed by atoms with E-state index in [9.17, 15) is 4.79 Å². The molecule has 0 spiro atoms. The number of likely N-dealkylation sites (tertiary alicyclic amines) is 1. The first-order valence-corrected chi connectivity index (χ1v) is 9.58. The van der Waals surface area contributed by atoms with Crippen LogP contribution in [0.4, 0.5) is 5.95 Å². The zero-order valence-corrected chi connectivity index (χ0v) is 15.7. The molecule has 1 fully saturated rings. The Morgan fingerprint density at radius 3 is 2.65 bits per heavy atom. The van der Waals surface area contributed by atoms with Crippen LogP contribution in [-0.4, -0.2) is 39.9 Å². The highest BCUT2D eigenvalue weighted by Gasteiger charge is 2.24. The fourth-order valence-electron chi connectivity index (χ4n) is 3.32. The Morgan fingerprint density at radius 1 is 1.23 bits per heavy atom. The second-order valence-electron chi connectivity index (χ2n) is 7.14. The summed E-state index contributed by atoms with van der Waals surface area (Å²) in [5, 5.41) is 3.23. The van der Waals surface area contributed by atoms with Crippen LogP contribution in [0.5, 0.6) is 0 Å². The van der Waals surface area contributed by atoms with Gasteiger partial charge in [0.25, 0.3) is 5.91 Å². The average molecular weight is 352 g/mol. The maximum atomic E-state index is 12.8. The molecule has 2 heterocycles. The van der Waals surface area contributed by atoms with Crippen molar-refractivity contribution < 1.29 is 4.79 Å². The Hall–Kier alpha value is -2.43. The van der Waals surface area contributed by atoms with Crippen molar-refractivity contribution in [3.8, 4) is 0 Å². The largest absolute Gasteiger partial charge is 0.352 e. The number of anilines is 1. The van der Waals surface area contributed by atoms with Gasteiger partial charge in [0, 0.05) is 25.3 Å². The van der Waals surface area contributed by atoms with E-state index in [0.29, 0.717) is 17.6 Å². The molecule has 0 saturated carbocycles. The van der Waals surface area contributed by atoms with Gasteiger partial charge in [-0.1, -0.05) is 37.3 Å². The number of aromatic nitrogens is 2. The van der Waals surface area contributed by atoms with Gasteiger partial charge in [0.1, 0.15) is 5.69 Å². The molecule has 1 amide bonds. The second-order valence-corrected chi connectivity index (χ2v) is 7.14. The third kappa shape index (κ3) is 4.81. The van der Waals surface area contributed by atoms with Crippen LogP contribution in [0.3, 0.4) is 0 Å². The summed E-state index contributed by atoms with van der Waals surface area (Å²) in [5.41, 5.74) is 1.86. The van der Waals surface area contributed by atoms with Gasteiger partial charge in [0.2, 0.25) is 5.95 Å². The molecule has 3 rings (SSSR count). The Bertz CT molecular complexity index is 711. The van der Waals surface area contributed by atoms with Gasteiger partial charge in [-0.05, 0) is 50.2 Å². The minimum Gasteiger partial charge on any atom is -0.352 e. The predicted molar refractivity (Wildman–Crippen MR) is 104 cm³/mol. The van der Waals surface area contributed by atoms with Gasteiger partial charge in [-0.2, -0.15) is 0 Å². The Morgan fingerprint density at radius 2 is 1.96 bits per heavy atom. The molecule has 1 unspecified atom stereocenters. The summed E-state index contributed by atoms with van der Waals surface area (Å²) in [6.07, 6.45) is 5.83. The number of amides is 1. The second kappa shape index (κ2) is 8.79. The minimum absolute atomic E-state index is 0.0118. The van der Waals surface area contributed by atoms with Crippen molar-refractivity contribution in [2.24, 2.45) is 5.92 Å². The van der Waals surface area contributed by atoms with Crippen LogP contribution >= 0.6 is 0 Å². The van der Waals surface area contributed by atoms with Crippen LogP contribution in [-0.2, 0) is 6.42 Å². The van der Waals surface area contributed by atoms with Gasteiger partial charge in [-0.3, -0.25) is 4.79 Å². The number of nitrogens with zero attached hydrogens (tertiary/aromatic N) is 3. The first-order valence-electron chi connectivity index (χ1n) is 9.58. The minimum atomic E-state index is 0.0118. The third-order valence-electron chi connectivity index (χ3n) is 5.13. The van der Waals surface area contributed by atoms with Crippen molar-refractivity contribution in [1.82, 2.24) is 14.9 Å². The molecule has 2 aromatic rings. The number of rotatable bonds is 6. The quantitative estimate of drug-likeness (QED) is 0.859. The SMILES string of the molecule is CCC(C)Nc1nccc(C(=O)N2CCC(Cc3ccccc3)CC2)n1. The van der Waals surface area contributed by atoms with Gasteiger partial charge >= 0.3 is 0 Å². The lowest BCUT2D eigenvalue weighted by Gasteiger charge is -2.32. The predicted octanol–water partition coefficient (Wildman–Crippen LogP) is 3.78. The average Bonchev–Trinajstić information content (AvgIpc) is 2.69. The molecular formula is C21H28N4O. The van der Waals surface area contributed by atoms with E-state index >= 15 is 0 Å². The Balaban J connectivity index is 1.56. The highest BCUT2D eigenvalue weighted by molar-refractivity contribution is 5.92. The first-order chi connectivity index (χ1) is 12.7. The zero-order valence-electron chi connectivity index (χ0n) is 15.7. The van der Waals surface area contributed by atoms with Gasteiger partial charge in [-0.25, -0.2) is 9.97 Å². The molecule has 0 bridgehead atoms. The maximum absolute atomic E-state index is 12.8. The highest BCUT2D eigenvalue weighted by Crippen LogP contribution is 2.22. The summed E-state index contributed by atoms with van der Waals surface area (Å²) in [6, 6.07) is 12.6. The lowest BCUT2D eigenvalue weighted by atomic mass is 9.90. The molecule has 0 aliphatic carbocycles. The molecule has 0 radical (unpaired) electrons. The maximum Gasteiger partial charge on any atom is 0.272 e. The van der Waals surface area contributed by atoms with E-state index in [1.807, 2.05) is 4.90 Å². The van der Waals surface area contributed by atoms with Crippen LogP contribution in [0.15, 0.2) is 42.6 Å². The van der Waals surface area contributed by atoms with E-state index in [4.69, 9.17) is 0 Å². The Kier molecular flexibility index (Phi) is 6.21. The van der Waals surface area contributed by atoms with Crippen molar-refractivity contribution in [1.29, 1.82) is 0 Å². The number of hydrogen-bond donors (Lipinski definition) is 1. The molecule has 5 nitrogen and oxygen atoms in total. The summed E-state index contributed by atoms with van der Waals surface area (Å²) in [6.45, 7) is 5.78. The number of piperidine rings is 1. The van der Waals surface area contributed by atoms with Crippen molar-refractivity contribution in [3.63, 3.8) is 0 Å². The number of hydrogen-bond acceptors (Lipinski definition) is 4. The lowest BCUT2D eigenvalue weighted by Crippen LogP contribution is -2.39. The van der Waals surface area contributed by atoms with Gasteiger partial charge in [0.05, 0.1) is 0 Å². The molecular weight excluding hydrogens is 324 g/mol. The normalized spacial score (nSPS) is 16.3. The van der Waals surface area contributed by atoms with Crippen LogP contribution < -0.4 is 5.32 Å². The standard InChI is InChI=1S/C21H28N4O/c1-3-16(2)23-21-22-12-9-19(24-21)20(26)25-13-10-18(11-14-25)15-17-7-5-4-6-8-17/h4-9,12,16,18H,3,10-11,13-15H2,1-2H3,(H,22,23,24). The summed E-state index contributed by atoms with van der Waals surface area (Å²) < 4.78 is 0. The van der Waals surface area contributed by atoms with Crippen LogP contribution in [0.25, 0.3) is 0 Å². The fraction of sp³-hybridized carbons (Fsp3) is 0.476. The monoisotopic (exact) mass is 352 g/mol. The number of carbonyl (C=O) groups is 1. The number of carbonyl (C=O) groups excluding carboxylic acids is 1. The van der Waals surface area contributed by atoms with Gasteiger partial charge < -0.3 is 10.2 Å². The zero-order chi connectivity index (χ0) is 18.4. The smallest absolute Gasteiger partial charge is 0.272 e. The van der Waals surface area contributed by atoms with Gasteiger partial charge in [-0.15, -0.1) is 0 Å². The number of benzene rings is 1. The van der Waals surface area contributed by atoms with Crippen molar-refractivity contribution in [2.75, 3.05) is 18.4 Å². The van der Waals surface area contributed by atoms with Crippen molar-refractivity contribution in [3.05, 3.63) is 53.9 Å². The van der Waals surface area contributed by atoms with E-state index < -0.39 is 0 Å². The molecule has 1 N–H and O–H groups in total. The van der Waals surface area contributed by atoms with Crippen LogP contribution in [0.1, 0.15) is 49.2 Å². The first kappa shape index (κ1) is 18.4. The van der Waals surface area contributed by atoms with E-state index in [1.165, 1.54) is 5.56 Å². The van der Waals surface area contributed by atoms with Crippen molar-refractivity contribution in [2.45, 2.75) is 45.6 Å².